The Morgan fingerprint density at radius 1 is 1.41 bits per heavy atom. The van der Waals surface area contributed by atoms with Crippen LogP contribution in [0.15, 0.2) is 18.2 Å². The third-order valence-electron chi connectivity index (χ3n) is 3.49. The molecular weight excluding hydrogens is 304 g/mol. The van der Waals surface area contributed by atoms with E-state index in [1.165, 1.54) is 17.0 Å². The van der Waals surface area contributed by atoms with Gasteiger partial charge in [0.25, 0.3) is 0 Å². The number of carbonyl (C=O) groups is 1. The Morgan fingerprint density at radius 2 is 2.14 bits per heavy atom. The first-order valence-corrected chi connectivity index (χ1v) is 6.83. The van der Waals surface area contributed by atoms with Crippen LogP contribution in [0.1, 0.15) is 12.8 Å². The van der Waals surface area contributed by atoms with Gasteiger partial charge in [-0.3, -0.25) is 9.69 Å². The summed E-state index contributed by atoms with van der Waals surface area (Å²) in [6.45, 7) is -0.772. The normalized spacial score (nSPS) is 19.9. The van der Waals surface area contributed by atoms with Gasteiger partial charge < -0.3 is 10.4 Å². The number of halogens is 4. The number of hydrogen-bond acceptors (Lipinski definition) is 3. The number of phenolic OH excluding ortho intramolecular Hbond substituents is 1. The Balaban J connectivity index is 1.97. The largest absolute Gasteiger partial charge is 0.508 e. The number of amides is 1. The number of likely N-dealkylation sites (tertiary alicyclic amines) is 1. The van der Waals surface area contributed by atoms with E-state index in [2.05, 4.69) is 5.32 Å². The molecule has 1 aliphatic rings. The molecule has 0 saturated carbocycles. The molecule has 0 bridgehead atoms. The topological polar surface area (TPSA) is 52.6 Å². The molecule has 4 nitrogen and oxygen atoms in total. The molecule has 2 N–H and O–H groups in total. The van der Waals surface area contributed by atoms with Gasteiger partial charge in [-0.15, -0.1) is 0 Å². The van der Waals surface area contributed by atoms with Crippen molar-refractivity contribution in [1.29, 1.82) is 0 Å². The predicted octanol–water partition coefficient (Wildman–Crippen LogP) is 2.74. The van der Waals surface area contributed by atoms with Crippen molar-refractivity contribution in [3.63, 3.8) is 0 Å². The van der Waals surface area contributed by atoms with Crippen LogP contribution < -0.4 is 5.32 Å². The number of hydrogen-bond donors (Lipinski definition) is 2. The molecule has 8 heteroatoms. The maximum Gasteiger partial charge on any atom is 0.401 e. The second-order valence-corrected chi connectivity index (χ2v) is 5.34. The highest BCUT2D eigenvalue weighted by Gasteiger charge is 2.34. The van der Waals surface area contributed by atoms with E-state index in [0.717, 1.165) is 6.07 Å². The van der Waals surface area contributed by atoms with E-state index in [1.807, 2.05) is 0 Å². The van der Waals surface area contributed by atoms with E-state index in [1.54, 1.807) is 0 Å². The molecule has 0 aliphatic carbocycles. The molecule has 1 atom stereocenters. The Kier molecular flexibility index (Phi) is 4.90. The summed E-state index contributed by atoms with van der Waals surface area (Å²) in [6.07, 6.45) is -3.37. The Labute approximate surface area is 124 Å². The molecule has 1 heterocycles. The van der Waals surface area contributed by atoms with Crippen molar-refractivity contribution in [1.82, 2.24) is 4.90 Å². The maximum absolute atomic E-state index is 13.5. The van der Waals surface area contributed by atoms with E-state index < -0.39 is 30.4 Å². The number of rotatable bonds is 3. The number of anilines is 1. The first-order valence-electron chi connectivity index (χ1n) is 6.83. The molecule has 1 amide bonds. The summed E-state index contributed by atoms with van der Waals surface area (Å²) >= 11 is 0. The average Bonchev–Trinajstić information content (AvgIpc) is 2.40. The van der Waals surface area contributed by atoms with Crippen LogP contribution >= 0.6 is 0 Å². The number of phenols is 1. The maximum atomic E-state index is 13.5. The SMILES string of the molecule is O=C(Nc1ccc(O)cc1F)C1CCCN(CC(F)(F)F)C1. The van der Waals surface area contributed by atoms with Gasteiger partial charge >= 0.3 is 6.18 Å². The van der Waals surface area contributed by atoms with Gasteiger partial charge in [0.15, 0.2) is 0 Å². The summed E-state index contributed by atoms with van der Waals surface area (Å²) in [5.74, 6) is -2.21. The van der Waals surface area contributed by atoms with Crippen LogP contribution in [0.4, 0.5) is 23.2 Å². The van der Waals surface area contributed by atoms with Crippen LogP contribution in [-0.2, 0) is 4.79 Å². The van der Waals surface area contributed by atoms with Gasteiger partial charge in [-0.05, 0) is 31.5 Å². The minimum Gasteiger partial charge on any atom is -0.508 e. The van der Waals surface area contributed by atoms with Crippen LogP contribution in [0.5, 0.6) is 5.75 Å². The number of nitrogens with one attached hydrogen (secondary N) is 1. The number of alkyl halides is 3. The van der Waals surface area contributed by atoms with Crippen LogP contribution in [0, 0.1) is 11.7 Å². The summed E-state index contributed by atoms with van der Waals surface area (Å²) in [5, 5.41) is 11.5. The quantitative estimate of drug-likeness (QED) is 0.665. The first-order chi connectivity index (χ1) is 10.2. The first kappa shape index (κ1) is 16.5. The standard InChI is InChI=1S/C14H16F4N2O2/c15-11-6-10(21)3-4-12(11)19-13(22)9-2-1-5-20(7-9)8-14(16,17)18/h3-4,6,9,21H,1-2,5,7-8H2,(H,19,22). The molecule has 1 aromatic carbocycles. The van der Waals surface area contributed by atoms with Gasteiger partial charge in [-0.25, -0.2) is 4.39 Å². The minimum absolute atomic E-state index is 0.00888. The molecular formula is C14H16F4N2O2. The number of carbonyl (C=O) groups excluding carboxylic acids is 1. The third kappa shape index (κ3) is 4.59. The molecule has 22 heavy (non-hydrogen) atoms. The Bertz CT molecular complexity index is 548. The zero-order chi connectivity index (χ0) is 16.3. The molecule has 1 unspecified atom stereocenters. The zero-order valence-corrected chi connectivity index (χ0v) is 11.7. The lowest BCUT2D eigenvalue weighted by Crippen LogP contribution is -2.44. The van der Waals surface area contributed by atoms with E-state index >= 15 is 0 Å². The minimum atomic E-state index is -4.30. The Hall–Kier alpha value is -1.83. The summed E-state index contributed by atoms with van der Waals surface area (Å²) in [4.78, 5) is 13.2. The van der Waals surface area contributed by atoms with E-state index in [4.69, 9.17) is 5.11 Å². The van der Waals surface area contributed by atoms with Crippen LogP contribution in [-0.4, -0.2) is 41.7 Å². The van der Waals surface area contributed by atoms with Crippen LogP contribution in [0.3, 0.4) is 0 Å². The number of piperidine rings is 1. The molecule has 1 fully saturated rings. The van der Waals surface area contributed by atoms with Gasteiger partial charge in [0.05, 0.1) is 18.2 Å². The van der Waals surface area contributed by atoms with Crippen LogP contribution in [0.25, 0.3) is 0 Å². The fourth-order valence-electron chi connectivity index (χ4n) is 2.51. The molecule has 2 rings (SSSR count). The van der Waals surface area contributed by atoms with E-state index in [9.17, 15) is 22.4 Å². The van der Waals surface area contributed by atoms with Gasteiger partial charge in [0.2, 0.25) is 5.91 Å². The van der Waals surface area contributed by atoms with Crippen LogP contribution in [0.2, 0.25) is 0 Å². The summed E-state index contributed by atoms with van der Waals surface area (Å²) in [5.41, 5.74) is -0.101. The Morgan fingerprint density at radius 3 is 2.77 bits per heavy atom. The molecule has 1 saturated heterocycles. The van der Waals surface area contributed by atoms with Crippen molar-refractivity contribution in [2.45, 2.75) is 19.0 Å². The highest BCUT2D eigenvalue weighted by atomic mass is 19.4. The monoisotopic (exact) mass is 320 g/mol. The van der Waals surface area contributed by atoms with Gasteiger partial charge in [0.1, 0.15) is 11.6 Å². The van der Waals surface area contributed by atoms with Crippen molar-refractivity contribution in [3.05, 3.63) is 24.0 Å². The summed E-state index contributed by atoms with van der Waals surface area (Å²) in [7, 11) is 0. The van der Waals surface area contributed by atoms with Crippen molar-refractivity contribution < 1.29 is 27.5 Å². The van der Waals surface area contributed by atoms with E-state index in [-0.39, 0.29) is 24.5 Å². The second-order valence-electron chi connectivity index (χ2n) is 5.34. The number of benzene rings is 1. The zero-order valence-electron chi connectivity index (χ0n) is 11.7. The van der Waals surface area contributed by atoms with Gasteiger partial charge in [0, 0.05) is 12.6 Å². The lowest BCUT2D eigenvalue weighted by Gasteiger charge is -2.32. The van der Waals surface area contributed by atoms with Crippen molar-refractivity contribution >= 4 is 11.6 Å². The lowest BCUT2D eigenvalue weighted by atomic mass is 9.97. The summed E-state index contributed by atoms with van der Waals surface area (Å²) in [6, 6.07) is 3.28. The molecule has 0 spiro atoms. The second kappa shape index (κ2) is 6.51. The van der Waals surface area contributed by atoms with Gasteiger partial charge in [-0.1, -0.05) is 0 Å². The highest BCUT2D eigenvalue weighted by Crippen LogP contribution is 2.25. The molecule has 0 radical (unpaired) electrons. The van der Waals surface area contributed by atoms with Gasteiger partial charge in [-0.2, -0.15) is 13.2 Å². The molecule has 0 aromatic heterocycles. The fourth-order valence-corrected chi connectivity index (χ4v) is 2.51. The molecule has 1 aliphatic heterocycles. The van der Waals surface area contributed by atoms with Crippen molar-refractivity contribution in [2.24, 2.45) is 5.92 Å². The molecule has 122 valence electrons. The highest BCUT2D eigenvalue weighted by molar-refractivity contribution is 5.92. The number of nitrogens with zero attached hydrogens (tertiary/aromatic N) is 1. The lowest BCUT2D eigenvalue weighted by molar-refractivity contribution is -0.151. The fraction of sp³-hybridized carbons (Fsp3) is 0.500. The van der Waals surface area contributed by atoms with E-state index in [0.29, 0.717) is 12.8 Å². The third-order valence-corrected chi connectivity index (χ3v) is 3.49. The summed E-state index contributed by atoms with van der Waals surface area (Å²) < 4.78 is 50.7. The van der Waals surface area contributed by atoms with Crippen molar-refractivity contribution in [3.8, 4) is 5.75 Å². The molecule has 1 aromatic rings. The number of aromatic hydroxyl groups is 1. The smallest absolute Gasteiger partial charge is 0.401 e. The van der Waals surface area contributed by atoms with Crippen molar-refractivity contribution in [2.75, 3.05) is 25.0 Å². The predicted molar refractivity (Wildman–Crippen MR) is 71.9 cm³/mol. The average molecular weight is 320 g/mol.